The highest BCUT2D eigenvalue weighted by Crippen LogP contribution is 2.32. The van der Waals surface area contributed by atoms with Gasteiger partial charge >= 0.3 is 0 Å². The first-order chi connectivity index (χ1) is 14.3. The quantitative estimate of drug-likeness (QED) is 0.529. The smallest absolute Gasteiger partial charge is 0.234 e. The minimum absolute atomic E-state index is 0.0570. The summed E-state index contributed by atoms with van der Waals surface area (Å²) in [4.78, 5) is 20.7. The molecule has 170 valence electrons. The number of aromatic nitrogens is 2. The Morgan fingerprint density at radius 1 is 1.23 bits per heavy atom. The zero-order valence-electron chi connectivity index (χ0n) is 18.3. The molecular formula is C20H35N5O4S. The van der Waals surface area contributed by atoms with E-state index in [0.29, 0.717) is 26.2 Å². The van der Waals surface area contributed by atoms with Crippen molar-refractivity contribution < 1.29 is 17.9 Å². The molecule has 0 bridgehead atoms. The predicted octanol–water partition coefficient (Wildman–Crippen LogP) is 0.355. The molecule has 2 aliphatic rings. The molecule has 10 heteroatoms. The number of rotatable bonds is 11. The number of carbonyl (C=O) groups excluding carboxylic acids is 1. The topological polar surface area (TPSA) is 96.8 Å². The number of amides is 1. The first-order valence-electron chi connectivity index (χ1n) is 10.8. The van der Waals surface area contributed by atoms with Crippen molar-refractivity contribution in [3.63, 3.8) is 0 Å². The summed E-state index contributed by atoms with van der Waals surface area (Å²) in [5.41, 5.74) is 0.896. The van der Waals surface area contributed by atoms with Gasteiger partial charge in [0.15, 0.2) is 0 Å². The molecule has 30 heavy (non-hydrogen) atoms. The molecule has 1 aliphatic carbocycles. The number of imidazole rings is 1. The van der Waals surface area contributed by atoms with E-state index < -0.39 is 9.84 Å². The summed E-state index contributed by atoms with van der Waals surface area (Å²) in [5, 5.41) is 3.10. The van der Waals surface area contributed by atoms with E-state index in [1.807, 2.05) is 18.4 Å². The molecule has 0 spiro atoms. The Hall–Kier alpha value is -1.49. The second-order valence-corrected chi connectivity index (χ2v) is 10.6. The summed E-state index contributed by atoms with van der Waals surface area (Å²) >= 11 is 0. The van der Waals surface area contributed by atoms with Crippen molar-refractivity contribution in [1.82, 2.24) is 24.7 Å². The molecule has 2 fully saturated rings. The fourth-order valence-corrected chi connectivity index (χ4v) is 5.62. The summed E-state index contributed by atoms with van der Waals surface area (Å²) in [6, 6.07) is 0.150. The molecule has 1 saturated carbocycles. The van der Waals surface area contributed by atoms with Crippen molar-refractivity contribution in [2.45, 2.75) is 51.0 Å². The fourth-order valence-electron chi connectivity index (χ4n) is 3.76. The Kier molecular flexibility index (Phi) is 7.89. The van der Waals surface area contributed by atoms with Crippen LogP contribution in [0.15, 0.2) is 11.4 Å². The molecule has 1 amide bonds. The Balaban J connectivity index is 1.60. The number of methoxy groups -OCH3 is 1. The van der Waals surface area contributed by atoms with E-state index in [1.165, 1.54) is 0 Å². The van der Waals surface area contributed by atoms with Gasteiger partial charge in [0.25, 0.3) is 0 Å². The predicted molar refractivity (Wildman–Crippen MR) is 114 cm³/mol. The maximum atomic E-state index is 12.8. The summed E-state index contributed by atoms with van der Waals surface area (Å²) in [6.07, 6.45) is 3.67. The molecule has 0 atom stereocenters. The van der Waals surface area contributed by atoms with Crippen molar-refractivity contribution in [3.05, 3.63) is 11.9 Å². The molecule has 0 radical (unpaired) electrons. The minimum atomic E-state index is -3.39. The van der Waals surface area contributed by atoms with Gasteiger partial charge in [-0.1, -0.05) is 0 Å². The molecular weight excluding hydrogens is 406 g/mol. The number of nitrogens with one attached hydrogen (secondary N) is 1. The monoisotopic (exact) mass is 441 g/mol. The maximum Gasteiger partial charge on any atom is 0.234 e. The van der Waals surface area contributed by atoms with Crippen LogP contribution in [0.1, 0.15) is 32.4 Å². The van der Waals surface area contributed by atoms with Crippen molar-refractivity contribution in [2.24, 2.45) is 5.92 Å². The van der Waals surface area contributed by atoms with Crippen LogP contribution in [0.25, 0.3) is 0 Å². The average Bonchev–Trinajstić information content (AvgIpc) is 3.37. The van der Waals surface area contributed by atoms with Crippen molar-refractivity contribution in [1.29, 1.82) is 0 Å². The van der Waals surface area contributed by atoms with Crippen LogP contribution < -0.4 is 5.32 Å². The second-order valence-electron chi connectivity index (χ2n) is 8.68. The van der Waals surface area contributed by atoms with Crippen molar-refractivity contribution >= 4 is 15.7 Å². The molecule has 1 aromatic heterocycles. The van der Waals surface area contributed by atoms with Crippen LogP contribution >= 0.6 is 0 Å². The Morgan fingerprint density at radius 3 is 2.50 bits per heavy atom. The Labute approximate surface area is 179 Å². The van der Waals surface area contributed by atoms with E-state index in [-0.39, 0.29) is 28.8 Å². The van der Waals surface area contributed by atoms with E-state index >= 15 is 0 Å². The van der Waals surface area contributed by atoms with E-state index in [0.717, 1.165) is 44.7 Å². The van der Waals surface area contributed by atoms with Gasteiger partial charge in [0.2, 0.25) is 20.9 Å². The van der Waals surface area contributed by atoms with Crippen LogP contribution in [0.5, 0.6) is 0 Å². The Morgan fingerprint density at radius 2 is 1.90 bits per heavy atom. The summed E-state index contributed by atoms with van der Waals surface area (Å²) < 4.78 is 32.6. The first-order valence-corrected chi connectivity index (χ1v) is 12.4. The standard InChI is InChI=1S/C20H35N5O4S/c1-16(2)22-19(26)14-24-8-6-23(7-9-24)13-18-12-21-20(25(18)10-11-29-3)30(27,28)15-17-4-5-17/h12,16-17H,4-11,13-15H2,1-3H3,(H,22,26). The lowest BCUT2D eigenvalue weighted by molar-refractivity contribution is -0.123. The summed E-state index contributed by atoms with van der Waals surface area (Å²) in [7, 11) is -1.77. The van der Waals surface area contributed by atoms with Crippen LogP contribution in [0.3, 0.4) is 0 Å². The highest BCUT2D eigenvalue weighted by atomic mass is 32.2. The number of piperazine rings is 1. The Bertz CT molecular complexity index is 811. The lowest BCUT2D eigenvalue weighted by Gasteiger charge is -2.34. The maximum absolute atomic E-state index is 12.8. The van der Waals surface area contributed by atoms with E-state index in [9.17, 15) is 13.2 Å². The van der Waals surface area contributed by atoms with Gasteiger partial charge in [-0.15, -0.1) is 0 Å². The van der Waals surface area contributed by atoms with Crippen LogP contribution in [-0.4, -0.2) is 91.9 Å². The SMILES string of the molecule is COCCn1c(CN2CCN(CC(=O)NC(C)C)CC2)cnc1S(=O)(=O)CC1CC1. The highest BCUT2D eigenvalue weighted by Gasteiger charge is 2.32. The van der Waals surface area contributed by atoms with Gasteiger partial charge < -0.3 is 14.6 Å². The molecule has 1 aliphatic heterocycles. The average molecular weight is 442 g/mol. The van der Waals surface area contributed by atoms with Crippen molar-refractivity contribution in [3.8, 4) is 0 Å². The zero-order chi connectivity index (χ0) is 21.7. The number of hydrogen-bond donors (Lipinski definition) is 1. The molecule has 1 saturated heterocycles. The normalized spacial score (nSPS) is 18.8. The van der Waals surface area contributed by atoms with Gasteiger partial charge in [-0.2, -0.15) is 0 Å². The molecule has 1 N–H and O–H groups in total. The number of sulfone groups is 1. The third kappa shape index (κ3) is 6.50. The fraction of sp³-hybridized carbons (Fsp3) is 0.800. The third-order valence-electron chi connectivity index (χ3n) is 5.52. The van der Waals surface area contributed by atoms with Gasteiger partial charge in [-0.25, -0.2) is 13.4 Å². The molecule has 2 heterocycles. The molecule has 9 nitrogen and oxygen atoms in total. The van der Waals surface area contributed by atoms with Gasteiger partial charge in [0, 0.05) is 52.4 Å². The van der Waals surface area contributed by atoms with Crippen LogP contribution in [0.4, 0.5) is 0 Å². The third-order valence-corrected chi connectivity index (χ3v) is 7.31. The largest absolute Gasteiger partial charge is 0.383 e. The first kappa shape index (κ1) is 23.2. The van der Waals surface area contributed by atoms with Gasteiger partial charge in [-0.3, -0.25) is 14.6 Å². The van der Waals surface area contributed by atoms with Crippen LogP contribution in [0, 0.1) is 5.92 Å². The van der Waals surface area contributed by atoms with Crippen LogP contribution in [0.2, 0.25) is 0 Å². The zero-order valence-corrected chi connectivity index (χ0v) is 19.2. The van der Waals surface area contributed by atoms with Gasteiger partial charge in [-0.05, 0) is 32.6 Å². The number of hydrogen-bond acceptors (Lipinski definition) is 7. The molecule has 3 rings (SSSR count). The minimum Gasteiger partial charge on any atom is -0.383 e. The van der Waals surface area contributed by atoms with Gasteiger partial charge in [0.05, 0.1) is 30.8 Å². The van der Waals surface area contributed by atoms with E-state index in [1.54, 1.807) is 13.3 Å². The molecule has 0 unspecified atom stereocenters. The van der Waals surface area contributed by atoms with Crippen molar-refractivity contribution in [2.75, 3.05) is 52.2 Å². The molecule has 1 aromatic rings. The van der Waals surface area contributed by atoms with E-state index in [4.69, 9.17) is 4.74 Å². The van der Waals surface area contributed by atoms with Crippen LogP contribution in [-0.2, 0) is 32.5 Å². The second kappa shape index (κ2) is 10.2. The summed E-state index contributed by atoms with van der Waals surface area (Å²) in [5.74, 6) is 0.529. The summed E-state index contributed by atoms with van der Waals surface area (Å²) in [6.45, 7) is 9.17. The number of ether oxygens (including phenoxy) is 1. The highest BCUT2D eigenvalue weighted by molar-refractivity contribution is 7.91. The van der Waals surface area contributed by atoms with Gasteiger partial charge in [0.1, 0.15) is 0 Å². The number of nitrogens with zero attached hydrogens (tertiary/aromatic N) is 4. The lowest BCUT2D eigenvalue weighted by atomic mass is 10.3. The lowest BCUT2D eigenvalue weighted by Crippen LogP contribution is -2.49. The number of carbonyl (C=O) groups is 1. The molecule has 0 aromatic carbocycles. The van der Waals surface area contributed by atoms with E-state index in [2.05, 4.69) is 20.1 Å².